The van der Waals surface area contributed by atoms with Gasteiger partial charge in [0.2, 0.25) is 5.91 Å². The SMILES string of the molecule is O=C(Cn1cnc2ccc(F)cc2c1=O)N1CCCC1c1nnc2n1CCCCC2. The van der Waals surface area contributed by atoms with Crippen molar-refractivity contribution >= 4 is 16.8 Å². The second-order valence-corrected chi connectivity index (χ2v) is 8.02. The van der Waals surface area contributed by atoms with E-state index in [2.05, 4.69) is 19.7 Å². The molecule has 30 heavy (non-hydrogen) atoms. The van der Waals surface area contributed by atoms with Crippen LogP contribution >= 0.6 is 0 Å². The van der Waals surface area contributed by atoms with Gasteiger partial charge in [-0.2, -0.15) is 0 Å². The van der Waals surface area contributed by atoms with Crippen LogP contribution in [0.2, 0.25) is 0 Å². The van der Waals surface area contributed by atoms with Crippen molar-refractivity contribution < 1.29 is 9.18 Å². The average Bonchev–Trinajstić information content (AvgIpc) is 3.31. The summed E-state index contributed by atoms with van der Waals surface area (Å²) in [5.74, 6) is 1.18. The van der Waals surface area contributed by atoms with Crippen LogP contribution < -0.4 is 5.56 Å². The number of rotatable bonds is 3. The van der Waals surface area contributed by atoms with Gasteiger partial charge in [-0.05, 0) is 43.9 Å². The van der Waals surface area contributed by atoms with Crippen molar-refractivity contribution in [2.24, 2.45) is 0 Å². The summed E-state index contributed by atoms with van der Waals surface area (Å²) in [4.78, 5) is 31.8. The molecule has 1 fully saturated rings. The van der Waals surface area contributed by atoms with Crippen LogP contribution in [-0.2, 0) is 24.3 Å². The molecule has 1 amide bonds. The highest BCUT2D eigenvalue weighted by atomic mass is 19.1. The highest BCUT2D eigenvalue weighted by Gasteiger charge is 2.34. The van der Waals surface area contributed by atoms with E-state index in [1.165, 1.54) is 29.4 Å². The van der Waals surface area contributed by atoms with E-state index in [4.69, 9.17) is 0 Å². The number of benzene rings is 1. The first kappa shape index (κ1) is 18.9. The van der Waals surface area contributed by atoms with Gasteiger partial charge in [0, 0.05) is 19.5 Å². The minimum absolute atomic E-state index is 0.126. The Hall–Kier alpha value is -3.10. The second-order valence-electron chi connectivity index (χ2n) is 8.02. The maximum atomic E-state index is 13.6. The minimum Gasteiger partial charge on any atom is -0.331 e. The molecular formula is C21H23FN6O2. The Morgan fingerprint density at radius 2 is 2.03 bits per heavy atom. The molecule has 2 aromatic heterocycles. The largest absolute Gasteiger partial charge is 0.331 e. The van der Waals surface area contributed by atoms with E-state index in [1.54, 1.807) is 4.90 Å². The van der Waals surface area contributed by atoms with Crippen LogP contribution in [-0.4, -0.2) is 41.7 Å². The van der Waals surface area contributed by atoms with Gasteiger partial charge in [-0.15, -0.1) is 10.2 Å². The summed E-state index contributed by atoms with van der Waals surface area (Å²) in [6.07, 6.45) is 7.37. The van der Waals surface area contributed by atoms with Gasteiger partial charge in [0.1, 0.15) is 18.2 Å². The summed E-state index contributed by atoms with van der Waals surface area (Å²) < 4.78 is 17.0. The standard InChI is InChI=1S/C21H23FN6O2/c22-14-7-8-16-15(11-14)21(30)26(13-23-16)12-19(29)27-10-4-5-17(27)20-25-24-18-6-2-1-3-9-28(18)20/h7-8,11,13,17H,1-6,9-10,12H2. The summed E-state index contributed by atoms with van der Waals surface area (Å²) in [5, 5.41) is 8.97. The summed E-state index contributed by atoms with van der Waals surface area (Å²) in [5.41, 5.74) is -0.00441. The number of likely N-dealkylation sites (tertiary alicyclic amines) is 1. The lowest BCUT2D eigenvalue weighted by Crippen LogP contribution is -2.37. The highest BCUT2D eigenvalue weighted by Crippen LogP contribution is 2.32. The molecule has 5 rings (SSSR count). The van der Waals surface area contributed by atoms with E-state index >= 15 is 0 Å². The number of amides is 1. The Morgan fingerprint density at radius 3 is 2.93 bits per heavy atom. The fraction of sp³-hybridized carbons (Fsp3) is 0.476. The molecule has 1 aromatic carbocycles. The number of fused-ring (bicyclic) bond motifs is 2. The van der Waals surface area contributed by atoms with Gasteiger partial charge in [0.05, 0.1) is 23.3 Å². The Morgan fingerprint density at radius 1 is 1.13 bits per heavy atom. The first-order valence-corrected chi connectivity index (χ1v) is 10.5. The number of nitrogens with zero attached hydrogens (tertiary/aromatic N) is 6. The van der Waals surface area contributed by atoms with Gasteiger partial charge < -0.3 is 9.47 Å². The number of aryl methyl sites for hydroxylation is 1. The van der Waals surface area contributed by atoms with Crippen molar-refractivity contribution in [3.63, 3.8) is 0 Å². The third-order valence-electron chi connectivity index (χ3n) is 6.10. The predicted molar refractivity (Wildman–Crippen MR) is 107 cm³/mol. The number of halogens is 1. The quantitative estimate of drug-likeness (QED) is 0.661. The van der Waals surface area contributed by atoms with E-state index in [0.717, 1.165) is 56.4 Å². The van der Waals surface area contributed by atoms with Crippen LogP contribution in [0.4, 0.5) is 4.39 Å². The molecule has 0 N–H and O–H groups in total. The Bertz CT molecular complexity index is 1170. The maximum Gasteiger partial charge on any atom is 0.261 e. The molecule has 2 aliphatic rings. The number of hydrogen-bond donors (Lipinski definition) is 0. The van der Waals surface area contributed by atoms with E-state index < -0.39 is 11.4 Å². The van der Waals surface area contributed by atoms with E-state index in [0.29, 0.717) is 12.1 Å². The van der Waals surface area contributed by atoms with Crippen LogP contribution in [0.1, 0.15) is 49.8 Å². The van der Waals surface area contributed by atoms with Crippen molar-refractivity contribution in [3.05, 3.63) is 52.3 Å². The molecule has 2 aliphatic heterocycles. The van der Waals surface area contributed by atoms with E-state index in [1.807, 2.05) is 0 Å². The van der Waals surface area contributed by atoms with Crippen LogP contribution in [0.5, 0.6) is 0 Å². The van der Waals surface area contributed by atoms with Gasteiger partial charge in [0.15, 0.2) is 5.82 Å². The summed E-state index contributed by atoms with van der Waals surface area (Å²) in [6, 6.07) is 3.76. The molecule has 4 heterocycles. The number of carbonyl (C=O) groups is 1. The lowest BCUT2D eigenvalue weighted by Gasteiger charge is -2.25. The first-order valence-electron chi connectivity index (χ1n) is 10.5. The van der Waals surface area contributed by atoms with Gasteiger partial charge >= 0.3 is 0 Å². The Balaban J connectivity index is 1.41. The molecule has 9 heteroatoms. The average molecular weight is 410 g/mol. The fourth-order valence-electron chi connectivity index (χ4n) is 4.57. The lowest BCUT2D eigenvalue weighted by molar-refractivity contribution is -0.133. The van der Waals surface area contributed by atoms with Crippen molar-refractivity contribution in [2.75, 3.05) is 6.54 Å². The minimum atomic E-state index is -0.502. The van der Waals surface area contributed by atoms with Crippen LogP contribution in [0, 0.1) is 5.82 Å². The highest BCUT2D eigenvalue weighted by molar-refractivity contribution is 5.79. The lowest BCUT2D eigenvalue weighted by atomic mass is 10.2. The van der Waals surface area contributed by atoms with Crippen molar-refractivity contribution in [1.29, 1.82) is 0 Å². The Labute approximate surface area is 172 Å². The zero-order chi connectivity index (χ0) is 20.7. The Kier molecular flexibility index (Phi) is 4.80. The maximum absolute atomic E-state index is 13.6. The third kappa shape index (κ3) is 3.28. The third-order valence-corrected chi connectivity index (χ3v) is 6.10. The fourth-order valence-corrected chi connectivity index (χ4v) is 4.57. The van der Waals surface area contributed by atoms with E-state index in [9.17, 15) is 14.0 Å². The smallest absolute Gasteiger partial charge is 0.261 e. The molecule has 3 aromatic rings. The molecule has 0 radical (unpaired) electrons. The number of hydrogen-bond acceptors (Lipinski definition) is 5. The predicted octanol–water partition coefficient (Wildman–Crippen LogP) is 2.22. The van der Waals surface area contributed by atoms with Crippen molar-refractivity contribution in [3.8, 4) is 0 Å². The van der Waals surface area contributed by atoms with Gasteiger partial charge in [-0.3, -0.25) is 14.2 Å². The van der Waals surface area contributed by atoms with Crippen LogP contribution in [0.3, 0.4) is 0 Å². The summed E-state index contributed by atoms with van der Waals surface area (Å²) >= 11 is 0. The van der Waals surface area contributed by atoms with Gasteiger partial charge in [0.25, 0.3) is 5.56 Å². The monoisotopic (exact) mass is 410 g/mol. The molecule has 1 unspecified atom stereocenters. The van der Waals surface area contributed by atoms with E-state index in [-0.39, 0.29) is 23.9 Å². The molecular weight excluding hydrogens is 387 g/mol. The normalized spacial score (nSPS) is 19.1. The molecule has 8 nitrogen and oxygen atoms in total. The van der Waals surface area contributed by atoms with Crippen LogP contribution in [0.25, 0.3) is 10.9 Å². The molecule has 1 saturated heterocycles. The molecule has 1 atom stereocenters. The zero-order valence-electron chi connectivity index (χ0n) is 16.6. The molecule has 0 saturated carbocycles. The molecule has 0 bridgehead atoms. The second kappa shape index (κ2) is 7.62. The zero-order valence-corrected chi connectivity index (χ0v) is 16.6. The van der Waals surface area contributed by atoms with Crippen LogP contribution in [0.15, 0.2) is 29.3 Å². The van der Waals surface area contributed by atoms with Crippen molar-refractivity contribution in [1.82, 2.24) is 29.2 Å². The van der Waals surface area contributed by atoms with Gasteiger partial charge in [-0.25, -0.2) is 9.37 Å². The number of carbonyl (C=O) groups excluding carboxylic acids is 1. The first-order chi connectivity index (χ1) is 14.6. The topological polar surface area (TPSA) is 85.9 Å². The van der Waals surface area contributed by atoms with Gasteiger partial charge in [-0.1, -0.05) is 6.42 Å². The molecule has 156 valence electrons. The molecule has 0 aliphatic carbocycles. The summed E-state index contributed by atoms with van der Waals surface area (Å²) in [6.45, 7) is 1.38. The molecule has 0 spiro atoms. The van der Waals surface area contributed by atoms with Crippen molar-refractivity contribution in [2.45, 2.75) is 57.7 Å². The summed E-state index contributed by atoms with van der Waals surface area (Å²) in [7, 11) is 0. The number of aromatic nitrogens is 5.